The van der Waals surface area contributed by atoms with Gasteiger partial charge in [-0.25, -0.2) is 0 Å². The van der Waals surface area contributed by atoms with Gasteiger partial charge in [0.05, 0.1) is 0 Å². The van der Waals surface area contributed by atoms with E-state index in [1.165, 1.54) is 23.7 Å². The summed E-state index contributed by atoms with van der Waals surface area (Å²) in [4.78, 5) is 0. The molecule has 0 aromatic heterocycles. The fourth-order valence-electron chi connectivity index (χ4n) is 4.51. The molecule has 3 atom stereocenters. The van der Waals surface area contributed by atoms with Crippen molar-refractivity contribution in [2.45, 2.75) is 47.0 Å². The first-order valence-electron chi connectivity index (χ1n) is 5.46. The maximum Gasteiger partial charge on any atom is 0.00348 e. The lowest BCUT2D eigenvalue weighted by molar-refractivity contribution is 0.170. The highest BCUT2D eigenvalue weighted by Crippen LogP contribution is 2.83. The van der Waals surface area contributed by atoms with Gasteiger partial charge in [-0.1, -0.05) is 56.7 Å². The van der Waals surface area contributed by atoms with Gasteiger partial charge in [0.15, 0.2) is 0 Å². The van der Waals surface area contributed by atoms with Crippen LogP contribution in [0.4, 0.5) is 0 Å². The number of alkyl halides is 1. The van der Waals surface area contributed by atoms with Crippen LogP contribution < -0.4 is 0 Å². The van der Waals surface area contributed by atoms with E-state index in [1.807, 2.05) is 0 Å². The number of hydrogen-bond acceptors (Lipinski definition) is 0. The van der Waals surface area contributed by atoms with Crippen LogP contribution in [-0.4, -0.2) is 4.43 Å². The minimum Gasteiger partial charge on any atom is -0.0860 e. The predicted octanol–water partition coefficient (Wildman–Crippen LogP) is 4.27. The van der Waals surface area contributed by atoms with E-state index < -0.39 is 0 Å². The van der Waals surface area contributed by atoms with Gasteiger partial charge >= 0.3 is 0 Å². The van der Waals surface area contributed by atoms with Gasteiger partial charge in [-0.05, 0) is 35.0 Å². The zero-order valence-electron chi connectivity index (χ0n) is 9.28. The quantitative estimate of drug-likeness (QED) is 0.500. The van der Waals surface area contributed by atoms with Crippen molar-refractivity contribution in [3.05, 3.63) is 0 Å². The molecule has 2 aliphatic carbocycles. The van der Waals surface area contributed by atoms with E-state index in [2.05, 4.69) is 50.3 Å². The summed E-state index contributed by atoms with van der Waals surface area (Å²) < 4.78 is 1.37. The second-order valence-corrected chi connectivity index (χ2v) is 7.08. The van der Waals surface area contributed by atoms with Crippen molar-refractivity contribution >= 4 is 22.6 Å². The second-order valence-electron chi connectivity index (χ2n) is 6.20. The van der Waals surface area contributed by atoms with Crippen molar-refractivity contribution in [2.75, 3.05) is 4.43 Å². The molecule has 0 saturated heterocycles. The maximum atomic E-state index is 2.59. The molecule has 2 saturated carbocycles. The summed E-state index contributed by atoms with van der Waals surface area (Å²) in [6.45, 7) is 9.88. The Kier molecular flexibility index (Phi) is 2.09. The lowest BCUT2D eigenvalue weighted by Crippen LogP contribution is -2.25. The molecule has 2 unspecified atom stereocenters. The van der Waals surface area contributed by atoms with Crippen LogP contribution in [0, 0.1) is 22.2 Å². The molecule has 0 spiro atoms. The van der Waals surface area contributed by atoms with Crippen LogP contribution in [0.1, 0.15) is 47.0 Å². The van der Waals surface area contributed by atoms with Gasteiger partial charge < -0.3 is 0 Å². The third-order valence-electron chi connectivity index (χ3n) is 5.06. The molecule has 0 aromatic carbocycles. The Labute approximate surface area is 96.0 Å². The topological polar surface area (TPSA) is 0 Å². The summed E-state index contributed by atoms with van der Waals surface area (Å²) in [5.41, 5.74) is 1.92. The normalized spacial score (nSPS) is 49.2. The zero-order valence-corrected chi connectivity index (χ0v) is 11.4. The number of halogens is 1. The predicted molar refractivity (Wildman–Crippen MR) is 66.2 cm³/mol. The molecule has 0 amide bonds. The molecule has 0 N–H and O–H groups in total. The summed E-state index contributed by atoms with van der Waals surface area (Å²) in [6, 6.07) is 0. The molecule has 0 aromatic rings. The van der Waals surface area contributed by atoms with Crippen molar-refractivity contribution in [1.29, 1.82) is 0 Å². The monoisotopic (exact) mass is 292 g/mol. The van der Waals surface area contributed by atoms with E-state index in [0.717, 1.165) is 5.92 Å². The second kappa shape index (κ2) is 2.65. The Morgan fingerprint density at radius 3 is 2.23 bits per heavy atom. The molecule has 13 heavy (non-hydrogen) atoms. The standard InChI is InChI=1S/C12H21I/c1-10(2,3)12-7-5-6-11(12,4)9(12)8-13/h9H,5-8H2,1-4H3/t9-,11?,12?/m0/s1. The Hall–Kier alpha value is 0.730. The maximum absolute atomic E-state index is 2.59. The van der Waals surface area contributed by atoms with Crippen molar-refractivity contribution in [3.8, 4) is 0 Å². The largest absolute Gasteiger partial charge is 0.0860 e. The third kappa shape index (κ3) is 0.977. The molecular weight excluding hydrogens is 271 g/mol. The first kappa shape index (κ1) is 10.3. The highest BCUT2D eigenvalue weighted by atomic mass is 127. The van der Waals surface area contributed by atoms with Crippen LogP contribution in [0.25, 0.3) is 0 Å². The van der Waals surface area contributed by atoms with Gasteiger partial charge in [-0.15, -0.1) is 0 Å². The molecular formula is C12H21I. The highest BCUT2D eigenvalue weighted by molar-refractivity contribution is 14.1. The zero-order chi connectivity index (χ0) is 9.91. The minimum absolute atomic E-state index is 0.522. The molecule has 0 heterocycles. The highest BCUT2D eigenvalue weighted by Gasteiger charge is 2.77. The molecule has 2 aliphatic rings. The summed E-state index contributed by atoms with van der Waals surface area (Å²) in [7, 11) is 0. The van der Waals surface area contributed by atoms with E-state index in [4.69, 9.17) is 0 Å². The van der Waals surface area contributed by atoms with Crippen molar-refractivity contribution < 1.29 is 0 Å². The van der Waals surface area contributed by atoms with Gasteiger partial charge in [0, 0.05) is 4.43 Å². The fraction of sp³-hybridized carbons (Fsp3) is 1.00. The van der Waals surface area contributed by atoms with Crippen LogP contribution in [0.3, 0.4) is 0 Å². The summed E-state index contributed by atoms with van der Waals surface area (Å²) in [5.74, 6) is 1.01. The van der Waals surface area contributed by atoms with Gasteiger partial charge in [0.1, 0.15) is 0 Å². The average molecular weight is 292 g/mol. The molecule has 0 nitrogen and oxygen atoms in total. The fourth-order valence-corrected chi connectivity index (χ4v) is 6.24. The van der Waals surface area contributed by atoms with Crippen molar-refractivity contribution in [3.63, 3.8) is 0 Å². The van der Waals surface area contributed by atoms with E-state index >= 15 is 0 Å². The minimum atomic E-state index is 0.522. The van der Waals surface area contributed by atoms with Crippen molar-refractivity contribution in [1.82, 2.24) is 0 Å². The Morgan fingerprint density at radius 1 is 1.31 bits per heavy atom. The van der Waals surface area contributed by atoms with E-state index in [0.29, 0.717) is 16.2 Å². The summed E-state index contributed by atoms with van der Waals surface area (Å²) >= 11 is 2.59. The van der Waals surface area contributed by atoms with Gasteiger partial charge in [0.2, 0.25) is 0 Å². The molecule has 76 valence electrons. The number of rotatable bonds is 1. The molecule has 1 heteroatoms. The smallest absolute Gasteiger partial charge is 0.00348 e. The lowest BCUT2D eigenvalue weighted by atomic mass is 9.73. The van der Waals surface area contributed by atoms with Crippen LogP contribution in [0.5, 0.6) is 0 Å². The van der Waals surface area contributed by atoms with Crippen molar-refractivity contribution in [2.24, 2.45) is 22.2 Å². The summed E-state index contributed by atoms with van der Waals surface area (Å²) in [6.07, 6.45) is 4.44. The Morgan fingerprint density at radius 2 is 1.92 bits per heavy atom. The summed E-state index contributed by atoms with van der Waals surface area (Å²) in [5, 5.41) is 0. The van der Waals surface area contributed by atoms with Crippen LogP contribution >= 0.6 is 22.6 Å². The molecule has 0 radical (unpaired) electrons. The number of fused-ring (bicyclic) bond motifs is 1. The van der Waals surface area contributed by atoms with E-state index in [-0.39, 0.29) is 0 Å². The first-order chi connectivity index (χ1) is 5.90. The molecule has 0 aliphatic heterocycles. The first-order valence-corrected chi connectivity index (χ1v) is 6.99. The molecule has 2 fully saturated rings. The molecule has 2 rings (SSSR count). The van der Waals surface area contributed by atoms with Crippen LogP contribution in [0.2, 0.25) is 0 Å². The Bertz CT molecular complexity index is 228. The molecule has 0 bridgehead atoms. The SMILES string of the molecule is CC(C)(C)C12CCCC1(C)[C@@H]2CI. The van der Waals surface area contributed by atoms with E-state index in [9.17, 15) is 0 Å². The van der Waals surface area contributed by atoms with Gasteiger partial charge in [0.25, 0.3) is 0 Å². The lowest BCUT2D eigenvalue weighted by Gasteiger charge is -2.32. The van der Waals surface area contributed by atoms with Gasteiger partial charge in [-0.2, -0.15) is 0 Å². The third-order valence-corrected chi connectivity index (χ3v) is 5.94. The Balaban J connectivity index is 2.33. The van der Waals surface area contributed by atoms with Crippen LogP contribution in [0.15, 0.2) is 0 Å². The van der Waals surface area contributed by atoms with Crippen LogP contribution in [-0.2, 0) is 0 Å². The number of hydrogen-bond donors (Lipinski definition) is 0. The average Bonchev–Trinajstić information content (AvgIpc) is 2.30. The van der Waals surface area contributed by atoms with E-state index in [1.54, 1.807) is 0 Å². The van der Waals surface area contributed by atoms with Gasteiger partial charge in [-0.3, -0.25) is 0 Å².